The van der Waals surface area contributed by atoms with Crippen LogP contribution in [0.1, 0.15) is 36.5 Å². The van der Waals surface area contributed by atoms with E-state index in [1.165, 1.54) is 5.56 Å². The Morgan fingerprint density at radius 1 is 1.12 bits per heavy atom. The molecule has 7 heteroatoms. The topological polar surface area (TPSA) is 66.9 Å². The van der Waals surface area contributed by atoms with E-state index in [1.54, 1.807) is 11.0 Å². The average Bonchev–Trinajstić information content (AvgIpc) is 3.06. The molecule has 0 radical (unpaired) electrons. The van der Waals surface area contributed by atoms with Crippen molar-refractivity contribution >= 4 is 34.9 Å². The first-order chi connectivity index (χ1) is 15.9. The van der Waals surface area contributed by atoms with Crippen LogP contribution in [0.15, 0.2) is 53.4 Å². The van der Waals surface area contributed by atoms with Crippen LogP contribution in [0.2, 0.25) is 0 Å². The zero-order valence-corrected chi connectivity index (χ0v) is 19.8. The number of aryl methyl sites for hydroxylation is 1. The molecule has 2 heterocycles. The number of piperidine rings is 1. The Morgan fingerprint density at radius 3 is 2.55 bits per heavy atom. The van der Waals surface area contributed by atoms with Crippen LogP contribution in [-0.4, -0.2) is 46.5 Å². The SMILES string of the molecule is Cc1cccc(COc2ccc(/C=C3/SC(=O)N(CC(=O)N4CCC(C)CC4)C3=O)cc2)c1. The minimum Gasteiger partial charge on any atom is -0.489 e. The third kappa shape index (κ3) is 5.85. The number of nitrogens with zero attached hydrogens (tertiary/aromatic N) is 2. The van der Waals surface area contributed by atoms with Gasteiger partial charge >= 0.3 is 0 Å². The summed E-state index contributed by atoms with van der Waals surface area (Å²) in [7, 11) is 0. The summed E-state index contributed by atoms with van der Waals surface area (Å²) in [5, 5.41) is -0.400. The van der Waals surface area contributed by atoms with Crippen molar-refractivity contribution in [2.45, 2.75) is 33.3 Å². The van der Waals surface area contributed by atoms with Crippen LogP contribution in [0.5, 0.6) is 5.75 Å². The number of rotatable bonds is 6. The summed E-state index contributed by atoms with van der Waals surface area (Å²) in [5.41, 5.74) is 3.08. The van der Waals surface area contributed by atoms with Gasteiger partial charge in [0.25, 0.3) is 11.1 Å². The normalized spacial score (nSPS) is 18.3. The van der Waals surface area contributed by atoms with Gasteiger partial charge < -0.3 is 9.64 Å². The molecule has 2 saturated heterocycles. The van der Waals surface area contributed by atoms with Crippen LogP contribution >= 0.6 is 11.8 Å². The molecule has 2 fully saturated rings. The highest BCUT2D eigenvalue weighted by atomic mass is 32.2. The van der Waals surface area contributed by atoms with Gasteiger partial charge in [-0.05, 0) is 66.8 Å². The smallest absolute Gasteiger partial charge is 0.294 e. The van der Waals surface area contributed by atoms with E-state index in [2.05, 4.69) is 13.0 Å². The molecule has 2 aliphatic rings. The second kappa shape index (κ2) is 10.3. The van der Waals surface area contributed by atoms with Crippen molar-refractivity contribution < 1.29 is 19.1 Å². The molecule has 0 N–H and O–H groups in total. The first kappa shape index (κ1) is 23.1. The number of hydrogen-bond donors (Lipinski definition) is 0. The number of hydrogen-bond acceptors (Lipinski definition) is 5. The summed E-state index contributed by atoms with van der Waals surface area (Å²) in [6.45, 7) is 5.87. The fourth-order valence-electron chi connectivity index (χ4n) is 3.91. The molecule has 2 aliphatic heterocycles. The maximum Gasteiger partial charge on any atom is 0.294 e. The van der Waals surface area contributed by atoms with E-state index in [1.807, 2.05) is 49.4 Å². The van der Waals surface area contributed by atoms with Crippen molar-refractivity contribution in [2.24, 2.45) is 5.92 Å². The minimum atomic E-state index is -0.413. The van der Waals surface area contributed by atoms with Crippen LogP contribution in [-0.2, 0) is 16.2 Å². The van der Waals surface area contributed by atoms with E-state index < -0.39 is 11.1 Å². The Labute approximate surface area is 198 Å². The Bertz CT molecular complexity index is 1070. The first-order valence-corrected chi connectivity index (χ1v) is 12.0. The molecule has 0 aliphatic carbocycles. The zero-order valence-electron chi connectivity index (χ0n) is 19.0. The van der Waals surface area contributed by atoms with Crippen molar-refractivity contribution in [2.75, 3.05) is 19.6 Å². The molecule has 4 rings (SSSR count). The van der Waals surface area contributed by atoms with Crippen LogP contribution in [0, 0.1) is 12.8 Å². The van der Waals surface area contributed by atoms with E-state index in [4.69, 9.17) is 4.74 Å². The Hall–Kier alpha value is -3.06. The lowest BCUT2D eigenvalue weighted by Gasteiger charge is -2.31. The van der Waals surface area contributed by atoms with E-state index in [-0.39, 0.29) is 12.5 Å². The Morgan fingerprint density at radius 2 is 1.85 bits per heavy atom. The summed E-state index contributed by atoms with van der Waals surface area (Å²) in [6.07, 6.45) is 3.60. The van der Waals surface area contributed by atoms with Gasteiger partial charge in [-0.3, -0.25) is 19.3 Å². The van der Waals surface area contributed by atoms with Gasteiger partial charge in [0.15, 0.2) is 0 Å². The van der Waals surface area contributed by atoms with Gasteiger partial charge in [0.1, 0.15) is 18.9 Å². The van der Waals surface area contributed by atoms with Crippen LogP contribution in [0.25, 0.3) is 6.08 Å². The van der Waals surface area contributed by atoms with Crippen molar-refractivity contribution in [3.05, 3.63) is 70.1 Å². The predicted octanol–water partition coefficient (Wildman–Crippen LogP) is 4.87. The number of carbonyl (C=O) groups excluding carboxylic acids is 3. The number of carbonyl (C=O) groups is 3. The number of amides is 3. The molecular weight excluding hydrogens is 436 g/mol. The van der Waals surface area contributed by atoms with Gasteiger partial charge in [0, 0.05) is 13.1 Å². The maximum absolute atomic E-state index is 12.8. The number of benzene rings is 2. The lowest BCUT2D eigenvalue weighted by Crippen LogP contribution is -2.45. The molecule has 3 amide bonds. The van der Waals surface area contributed by atoms with E-state index in [9.17, 15) is 14.4 Å². The van der Waals surface area contributed by atoms with E-state index in [0.717, 1.165) is 46.4 Å². The molecule has 2 aromatic rings. The van der Waals surface area contributed by atoms with E-state index >= 15 is 0 Å². The summed E-state index contributed by atoms with van der Waals surface area (Å²) < 4.78 is 5.84. The minimum absolute atomic E-state index is 0.166. The molecule has 0 unspecified atom stereocenters. The van der Waals surface area contributed by atoms with Gasteiger partial charge in [-0.2, -0.15) is 0 Å². The number of likely N-dealkylation sites (tertiary alicyclic amines) is 1. The summed E-state index contributed by atoms with van der Waals surface area (Å²) in [4.78, 5) is 40.9. The molecule has 2 aromatic carbocycles. The highest BCUT2D eigenvalue weighted by Crippen LogP contribution is 2.32. The lowest BCUT2D eigenvalue weighted by molar-refractivity contribution is -0.136. The molecule has 172 valence electrons. The van der Waals surface area contributed by atoms with Crippen molar-refractivity contribution in [1.29, 1.82) is 0 Å². The predicted molar refractivity (Wildman–Crippen MR) is 130 cm³/mol. The van der Waals surface area contributed by atoms with Gasteiger partial charge in [-0.15, -0.1) is 0 Å². The molecular formula is C26H28N2O4S. The fourth-order valence-corrected chi connectivity index (χ4v) is 4.75. The van der Waals surface area contributed by atoms with E-state index in [0.29, 0.717) is 30.5 Å². The Kier molecular flexibility index (Phi) is 7.18. The van der Waals surface area contributed by atoms with Crippen molar-refractivity contribution in [3.8, 4) is 5.75 Å². The lowest BCUT2D eigenvalue weighted by atomic mass is 9.99. The fraction of sp³-hybridized carbons (Fsp3) is 0.346. The maximum atomic E-state index is 12.8. The average molecular weight is 465 g/mol. The van der Waals surface area contributed by atoms with Crippen molar-refractivity contribution in [3.63, 3.8) is 0 Å². The summed E-state index contributed by atoms with van der Waals surface area (Å²) >= 11 is 0.875. The standard InChI is InChI=1S/C26H28N2O4S/c1-18-10-12-27(13-11-18)24(29)16-28-25(30)23(33-26(28)31)15-20-6-8-22(9-7-20)32-17-21-5-3-4-19(2)14-21/h3-9,14-15,18H,10-13,16-17H2,1-2H3/b23-15+. The quantitative estimate of drug-likeness (QED) is 0.571. The second-order valence-electron chi connectivity index (χ2n) is 8.68. The van der Waals surface area contributed by atoms with Gasteiger partial charge in [0.05, 0.1) is 4.91 Å². The zero-order chi connectivity index (χ0) is 23.4. The van der Waals surface area contributed by atoms with Crippen LogP contribution < -0.4 is 4.74 Å². The van der Waals surface area contributed by atoms with Gasteiger partial charge in [0.2, 0.25) is 5.91 Å². The van der Waals surface area contributed by atoms with Gasteiger partial charge in [-0.1, -0.05) is 48.9 Å². The summed E-state index contributed by atoms with van der Waals surface area (Å²) in [6, 6.07) is 15.5. The highest BCUT2D eigenvalue weighted by molar-refractivity contribution is 8.18. The molecule has 6 nitrogen and oxygen atoms in total. The molecule has 0 bridgehead atoms. The largest absolute Gasteiger partial charge is 0.489 e. The van der Waals surface area contributed by atoms with Crippen LogP contribution in [0.4, 0.5) is 4.79 Å². The highest BCUT2D eigenvalue weighted by Gasteiger charge is 2.37. The molecule has 0 spiro atoms. The number of imide groups is 1. The molecule has 0 aromatic heterocycles. The third-order valence-corrected chi connectivity index (χ3v) is 6.88. The molecule has 33 heavy (non-hydrogen) atoms. The Balaban J connectivity index is 1.35. The number of ether oxygens (including phenoxy) is 1. The monoisotopic (exact) mass is 464 g/mol. The second-order valence-corrected chi connectivity index (χ2v) is 9.67. The molecule has 0 saturated carbocycles. The van der Waals surface area contributed by atoms with Crippen LogP contribution in [0.3, 0.4) is 0 Å². The molecule has 0 atom stereocenters. The van der Waals surface area contributed by atoms with Gasteiger partial charge in [-0.25, -0.2) is 0 Å². The first-order valence-electron chi connectivity index (χ1n) is 11.2. The third-order valence-electron chi connectivity index (χ3n) is 5.97. The number of thioether (sulfide) groups is 1. The van der Waals surface area contributed by atoms with Crippen molar-refractivity contribution in [1.82, 2.24) is 9.80 Å². The summed E-state index contributed by atoms with van der Waals surface area (Å²) in [5.74, 6) is 0.751.